The third-order valence-corrected chi connectivity index (χ3v) is 2.49. The van der Waals surface area contributed by atoms with Crippen LogP contribution in [0.15, 0.2) is 24.5 Å². The molecule has 0 bridgehead atoms. The molecule has 0 atom stereocenters. The highest BCUT2D eigenvalue weighted by molar-refractivity contribution is 5.49. The number of rotatable bonds is 10. The number of hydrogen-bond donors (Lipinski definition) is 1. The molecule has 0 spiro atoms. The van der Waals surface area contributed by atoms with Crippen LogP contribution in [0, 0.1) is 0 Å². The van der Waals surface area contributed by atoms with Crippen molar-refractivity contribution in [3.05, 3.63) is 30.1 Å². The Labute approximate surface area is 115 Å². The van der Waals surface area contributed by atoms with Crippen molar-refractivity contribution in [3.63, 3.8) is 0 Å². The molecule has 1 aromatic rings. The summed E-state index contributed by atoms with van der Waals surface area (Å²) < 4.78 is 10.5. The van der Waals surface area contributed by atoms with Gasteiger partial charge in [0.05, 0.1) is 19.4 Å². The predicted octanol–water partition coefficient (Wildman–Crippen LogP) is 2.51. The number of pyridine rings is 1. The van der Waals surface area contributed by atoms with Gasteiger partial charge < -0.3 is 14.8 Å². The third kappa shape index (κ3) is 7.59. The molecule has 0 amide bonds. The SMILES string of the molecule is CCCOc1cncc(/C=C/CCNCCOC)c1. The van der Waals surface area contributed by atoms with E-state index >= 15 is 0 Å². The molecule has 0 fully saturated rings. The Hall–Kier alpha value is -1.39. The van der Waals surface area contributed by atoms with Crippen LogP contribution in [-0.4, -0.2) is 38.4 Å². The van der Waals surface area contributed by atoms with Crippen molar-refractivity contribution in [1.29, 1.82) is 0 Å². The predicted molar refractivity (Wildman–Crippen MR) is 78.4 cm³/mol. The van der Waals surface area contributed by atoms with Crippen LogP contribution in [0.1, 0.15) is 25.3 Å². The van der Waals surface area contributed by atoms with Crippen LogP contribution in [0.3, 0.4) is 0 Å². The summed E-state index contributed by atoms with van der Waals surface area (Å²) in [6, 6.07) is 2.01. The van der Waals surface area contributed by atoms with Crippen LogP contribution < -0.4 is 10.1 Å². The van der Waals surface area contributed by atoms with E-state index in [0.717, 1.165) is 50.5 Å². The van der Waals surface area contributed by atoms with E-state index in [0.29, 0.717) is 0 Å². The van der Waals surface area contributed by atoms with E-state index in [9.17, 15) is 0 Å². The van der Waals surface area contributed by atoms with E-state index in [2.05, 4.69) is 29.4 Å². The minimum absolute atomic E-state index is 0.734. The van der Waals surface area contributed by atoms with Gasteiger partial charge in [-0.25, -0.2) is 0 Å². The van der Waals surface area contributed by atoms with Crippen LogP contribution in [0.2, 0.25) is 0 Å². The normalized spacial score (nSPS) is 11.1. The molecule has 1 N–H and O–H groups in total. The topological polar surface area (TPSA) is 43.4 Å². The lowest BCUT2D eigenvalue weighted by Crippen LogP contribution is -2.19. The summed E-state index contributed by atoms with van der Waals surface area (Å²) in [5, 5.41) is 3.30. The lowest BCUT2D eigenvalue weighted by Gasteiger charge is -2.04. The largest absolute Gasteiger partial charge is 0.492 e. The molecular weight excluding hydrogens is 240 g/mol. The first kappa shape index (κ1) is 15.7. The molecule has 0 saturated carbocycles. The summed E-state index contributed by atoms with van der Waals surface area (Å²) in [6.07, 6.45) is 9.80. The van der Waals surface area contributed by atoms with Gasteiger partial charge in [0.25, 0.3) is 0 Å². The molecule has 0 aliphatic rings. The summed E-state index contributed by atoms with van der Waals surface area (Å²) >= 11 is 0. The molecule has 1 aromatic heterocycles. The summed E-state index contributed by atoms with van der Waals surface area (Å²) in [5.74, 6) is 0.835. The highest BCUT2D eigenvalue weighted by Gasteiger charge is 1.94. The number of nitrogens with zero attached hydrogens (tertiary/aromatic N) is 1. The first-order valence-corrected chi connectivity index (χ1v) is 6.81. The first-order chi connectivity index (χ1) is 9.36. The van der Waals surface area contributed by atoms with Gasteiger partial charge in [-0.1, -0.05) is 19.1 Å². The molecule has 0 aliphatic heterocycles. The zero-order chi connectivity index (χ0) is 13.8. The number of hydrogen-bond acceptors (Lipinski definition) is 4. The molecule has 0 aliphatic carbocycles. The molecule has 1 heterocycles. The lowest BCUT2D eigenvalue weighted by atomic mass is 10.2. The molecule has 4 heteroatoms. The summed E-state index contributed by atoms with van der Waals surface area (Å²) in [6.45, 7) is 5.43. The van der Waals surface area contributed by atoms with Crippen molar-refractivity contribution < 1.29 is 9.47 Å². The summed E-state index contributed by atoms with van der Waals surface area (Å²) in [5.41, 5.74) is 1.07. The smallest absolute Gasteiger partial charge is 0.138 e. The molecule has 0 radical (unpaired) electrons. The molecular formula is C15H24N2O2. The van der Waals surface area contributed by atoms with Crippen LogP contribution in [0.25, 0.3) is 6.08 Å². The lowest BCUT2D eigenvalue weighted by molar-refractivity contribution is 0.199. The van der Waals surface area contributed by atoms with E-state index in [1.54, 1.807) is 13.3 Å². The molecule has 4 nitrogen and oxygen atoms in total. The second-order valence-corrected chi connectivity index (χ2v) is 4.24. The number of methoxy groups -OCH3 is 1. The average molecular weight is 264 g/mol. The minimum Gasteiger partial charge on any atom is -0.492 e. The van der Waals surface area contributed by atoms with E-state index < -0.39 is 0 Å². The Balaban J connectivity index is 2.27. The van der Waals surface area contributed by atoms with Gasteiger partial charge in [0.2, 0.25) is 0 Å². The van der Waals surface area contributed by atoms with E-state index in [1.807, 2.05) is 12.3 Å². The van der Waals surface area contributed by atoms with Crippen LogP contribution in [-0.2, 0) is 4.74 Å². The van der Waals surface area contributed by atoms with Gasteiger partial charge >= 0.3 is 0 Å². The second kappa shape index (κ2) is 10.5. The quantitative estimate of drug-likeness (QED) is 0.659. The standard InChI is InChI=1S/C15H24N2O2/c1-3-9-19-15-11-14(12-17-13-15)6-4-5-7-16-8-10-18-2/h4,6,11-13,16H,3,5,7-10H2,1-2H3/b6-4+. The van der Waals surface area contributed by atoms with Crippen molar-refractivity contribution in [2.24, 2.45) is 0 Å². The van der Waals surface area contributed by atoms with Gasteiger partial charge in [-0.3, -0.25) is 4.98 Å². The number of aromatic nitrogens is 1. The number of ether oxygens (including phenoxy) is 2. The van der Waals surface area contributed by atoms with Crippen molar-refractivity contribution >= 4 is 6.08 Å². The molecule has 106 valence electrons. The highest BCUT2D eigenvalue weighted by atomic mass is 16.5. The molecule has 1 rings (SSSR count). The fourth-order valence-corrected chi connectivity index (χ4v) is 1.53. The average Bonchev–Trinajstić information content (AvgIpc) is 2.44. The van der Waals surface area contributed by atoms with Crippen LogP contribution in [0.5, 0.6) is 5.75 Å². The first-order valence-electron chi connectivity index (χ1n) is 6.81. The summed E-state index contributed by atoms with van der Waals surface area (Å²) in [4.78, 5) is 4.17. The van der Waals surface area contributed by atoms with Crippen LogP contribution in [0.4, 0.5) is 0 Å². The Morgan fingerprint density at radius 2 is 2.16 bits per heavy atom. The maximum atomic E-state index is 5.54. The van der Waals surface area contributed by atoms with Crippen molar-refractivity contribution in [3.8, 4) is 5.75 Å². The Bertz CT molecular complexity index is 367. The van der Waals surface area contributed by atoms with Gasteiger partial charge in [-0.15, -0.1) is 0 Å². The highest BCUT2D eigenvalue weighted by Crippen LogP contribution is 2.12. The Morgan fingerprint density at radius 3 is 2.95 bits per heavy atom. The van der Waals surface area contributed by atoms with Crippen molar-refractivity contribution in [2.75, 3.05) is 33.4 Å². The fraction of sp³-hybridized carbons (Fsp3) is 0.533. The number of nitrogens with one attached hydrogen (secondary N) is 1. The van der Waals surface area contributed by atoms with Gasteiger partial charge in [0, 0.05) is 19.9 Å². The minimum atomic E-state index is 0.734. The zero-order valence-corrected chi connectivity index (χ0v) is 11.9. The van der Waals surface area contributed by atoms with Gasteiger partial charge in [-0.05, 0) is 31.0 Å². The van der Waals surface area contributed by atoms with Crippen LogP contribution >= 0.6 is 0 Å². The molecule has 0 unspecified atom stereocenters. The summed E-state index contributed by atoms with van der Waals surface area (Å²) in [7, 11) is 1.71. The maximum Gasteiger partial charge on any atom is 0.138 e. The zero-order valence-electron chi connectivity index (χ0n) is 11.9. The van der Waals surface area contributed by atoms with Gasteiger partial charge in [0.1, 0.15) is 5.75 Å². The second-order valence-electron chi connectivity index (χ2n) is 4.24. The van der Waals surface area contributed by atoms with Crippen molar-refractivity contribution in [2.45, 2.75) is 19.8 Å². The van der Waals surface area contributed by atoms with E-state index in [4.69, 9.17) is 9.47 Å². The molecule has 0 aromatic carbocycles. The fourth-order valence-electron chi connectivity index (χ4n) is 1.53. The van der Waals surface area contributed by atoms with E-state index in [1.165, 1.54) is 0 Å². The van der Waals surface area contributed by atoms with Crippen molar-refractivity contribution in [1.82, 2.24) is 10.3 Å². The van der Waals surface area contributed by atoms with E-state index in [-0.39, 0.29) is 0 Å². The molecule has 19 heavy (non-hydrogen) atoms. The van der Waals surface area contributed by atoms with Gasteiger partial charge in [0.15, 0.2) is 0 Å². The maximum absolute atomic E-state index is 5.54. The Kier molecular flexibility index (Phi) is 8.68. The monoisotopic (exact) mass is 264 g/mol. The molecule has 0 saturated heterocycles. The Morgan fingerprint density at radius 1 is 1.26 bits per heavy atom. The third-order valence-electron chi connectivity index (χ3n) is 2.49. The van der Waals surface area contributed by atoms with Gasteiger partial charge in [-0.2, -0.15) is 0 Å².